The van der Waals surface area contributed by atoms with Gasteiger partial charge in [-0.2, -0.15) is 4.57 Å². The third kappa shape index (κ3) is 7.07. The molecule has 0 bridgehead atoms. The monoisotopic (exact) mass is 768 g/mol. The molecule has 49 heavy (non-hydrogen) atoms. The summed E-state index contributed by atoms with van der Waals surface area (Å²) < 4.78 is 10.2. The van der Waals surface area contributed by atoms with E-state index in [4.69, 9.17) is 4.74 Å². The van der Waals surface area contributed by atoms with Crippen LogP contribution in [-0.2, 0) is 16.6 Å². The summed E-state index contributed by atoms with van der Waals surface area (Å²) in [4.78, 5) is 0. The van der Waals surface area contributed by atoms with Crippen LogP contribution in [0.15, 0.2) is 85.1 Å². The maximum atomic E-state index is 12.0. The smallest absolute Gasteiger partial charge is 0.218 e. The van der Waals surface area contributed by atoms with Crippen molar-refractivity contribution in [2.45, 2.75) is 105 Å². The van der Waals surface area contributed by atoms with Crippen LogP contribution in [0.5, 0.6) is 0 Å². The Hall–Kier alpha value is -2.80. The molecule has 4 heteroatoms. The van der Waals surface area contributed by atoms with Crippen molar-refractivity contribution >= 4 is 60.6 Å². The summed E-state index contributed by atoms with van der Waals surface area (Å²) in [7, 11) is 0. The summed E-state index contributed by atoms with van der Waals surface area (Å²) >= 11 is 2.42. The zero-order valence-electron chi connectivity index (χ0n) is 31.1. The highest BCUT2D eigenvalue weighted by Crippen LogP contribution is 2.43. The number of hydrogen-bond acceptors (Lipinski definition) is 2. The van der Waals surface area contributed by atoms with E-state index in [2.05, 4.69) is 175 Å². The van der Waals surface area contributed by atoms with E-state index < -0.39 is 5.60 Å². The van der Waals surface area contributed by atoms with Crippen LogP contribution in [-0.4, -0.2) is 27.8 Å². The molecule has 0 spiro atoms. The Balaban J connectivity index is 1.44. The topological polar surface area (TPSA) is 33.3 Å². The van der Waals surface area contributed by atoms with Crippen LogP contribution in [0.3, 0.4) is 0 Å². The first-order chi connectivity index (χ1) is 23.0. The van der Waals surface area contributed by atoms with Crippen molar-refractivity contribution < 1.29 is 14.4 Å². The Kier molecular flexibility index (Phi) is 9.84. The van der Waals surface area contributed by atoms with Crippen LogP contribution >= 0.6 is 22.6 Å². The van der Waals surface area contributed by atoms with Crippen LogP contribution in [0.25, 0.3) is 49.3 Å². The van der Waals surface area contributed by atoms with E-state index in [9.17, 15) is 5.11 Å². The molecule has 258 valence electrons. The largest absolute Gasteiger partial charge is 0.389 e. The summed E-state index contributed by atoms with van der Waals surface area (Å²) in [5, 5.41) is 19.8. The number of halogens is 1. The molecule has 1 N–H and O–H groups in total. The zero-order chi connectivity index (χ0) is 35.4. The first-order valence-electron chi connectivity index (χ1n) is 18.0. The van der Waals surface area contributed by atoms with E-state index >= 15 is 0 Å². The van der Waals surface area contributed by atoms with Crippen molar-refractivity contribution in [1.82, 2.24) is 0 Å². The highest BCUT2D eigenvalue weighted by molar-refractivity contribution is 14.1. The van der Waals surface area contributed by atoms with Gasteiger partial charge in [-0.25, -0.2) is 0 Å². The lowest BCUT2D eigenvalue weighted by atomic mass is 9.68. The molecular weight excluding hydrogens is 713 g/mol. The van der Waals surface area contributed by atoms with Crippen LogP contribution < -0.4 is 4.57 Å². The first kappa shape index (κ1) is 36.0. The molecule has 0 radical (unpaired) electrons. The van der Waals surface area contributed by atoms with E-state index in [0.29, 0.717) is 13.0 Å². The van der Waals surface area contributed by atoms with Gasteiger partial charge >= 0.3 is 0 Å². The SMILES string of the molecule is CC(C)(C)c1cc[n+]2c(c1)-c1cc3c4ccccc4c4ccccc4c3cc1C/C2=C/COC(CC(O)(CCCI)C(C)(C)C)C(C)(C)C. The summed E-state index contributed by atoms with van der Waals surface area (Å²) in [6, 6.07) is 27.3. The number of benzene rings is 4. The molecule has 0 saturated carbocycles. The lowest BCUT2D eigenvalue weighted by Crippen LogP contribution is -2.48. The van der Waals surface area contributed by atoms with Gasteiger partial charge in [0, 0.05) is 24.6 Å². The maximum absolute atomic E-state index is 12.0. The minimum Gasteiger partial charge on any atom is -0.389 e. The van der Waals surface area contributed by atoms with E-state index in [0.717, 1.165) is 23.7 Å². The number of fused-ring (bicyclic) bond motifs is 9. The fraction of sp³-hybridized carbons (Fsp3) is 0.444. The van der Waals surface area contributed by atoms with Gasteiger partial charge < -0.3 is 9.84 Å². The lowest BCUT2D eigenvalue weighted by molar-refractivity contribution is -0.572. The van der Waals surface area contributed by atoms with Crippen molar-refractivity contribution in [3.63, 3.8) is 0 Å². The summed E-state index contributed by atoms with van der Waals surface area (Å²) in [5.41, 5.74) is 5.31. The number of ether oxygens (including phenoxy) is 1. The molecule has 0 amide bonds. The molecule has 1 aliphatic rings. The van der Waals surface area contributed by atoms with E-state index in [1.165, 1.54) is 60.4 Å². The number of hydrogen-bond donors (Lipinski definition) is 1. The molecular formula is C45H55INO2+. The van der Waals surface area contributed by atoms with Gasteiger partial charge in [0.15, 0.2) is 11.9 Å². The number of allylic oxidation sites excluding steroid dienone is 1. The Morgan fingerprint density at radius 2 is 1.37 bits per heavy atom. The van der Waals surface area contributed by atoms with Crippen LogP contribution in [0.4, 0.5) is 0 Å². The predicted molar refractivity (Wildman–Crippen MR) is 218 cm³/mol. The average molecular weight is 769 g/mol. The highest BCUT2D eigenvalue weighted by Gasteiger charge is 2.44. The van der Waals surface area contributed by atoms with Gasteiger partial charge in [0.25, 0.3) is 0 Å². The van der Waals surface area contributed by atoms with Gasteiger partial charge in [-0.05, 0) is 89.1 Å². The van der Waals surface area contributed by atoms with Gasteiger partial charge in [0.05, 0.1) is 30.3 Å². The third-order valence-electron chi connectivity index (χ3n) is 11.0. The summed E-state index contributed by atoms with van der Waals surface area (Å²) in [6.07, 6.45) is 7.68. The predicted octanol–water partition coefficient (Wildman–Crippen LogP) is 11.6. The number of aromatic nitrogens is 1. The molecule has 0 aliphatic carbocycles. The summed E-state index contributed by atoms with van der Waals surface area (Å²) in [6.45, 7) is 20.6. The molecule has 4 aromatic carbocycles. The molecule has 5 aromatic rings. The number of nitrogens with zero attached hydrogens (tertiary/aromatic N) is 1. The summed E-state index contributed by atoms with van der Waals surface area (Å²) in [5.74, 6) is 0. The highest BCUT2D eigenvalue weighted by atomic mass is 127. The fourth-order valence-corrected chi connectivity index (χ4v) is 7.96. The number of alkyl halides is 1. The van der Waals surface area contributed by atoms with Gasteiger partial charge in [0.2, 0.25) is 5.69 Å². The van der Waals surface area contributed by atoms with Crippen LogP contribution in [0.2, 0.25) is 0 Å². The Morgan fingerprint density at radius 1 is 0.796 bits per heavy atom. The second-order valence-electron chi connectivity index (χ2n) is 17.4. The van der Waals surface area contributed by atoms with Crippen molar-refractivity contribution in [2.75, 3.05) is 11.0 Å². The Labute approximate surface area is 307 Å². The lowest BCUT2D eigenvalue weighted by Gasteiger charge is -2.45. The maximum Gasteiger partial charge on any atom is 0.218 e. The van der Waals surface area contributed by atoms with E-state index in [1.54, 1.807) is 0 Å². The molecule has 2 heterocycles. The van der Waals surface area contributed by atoms with E-state index in [1.807, 2.05) is 0 Å². The average Bonchev–Trinajstić information content (AvgIpc) is 3.04. The van der Waals surface area contributed by atoms with E-state index in [-0.39, 0.29) is 22.3 Å². The molecule has 1 aromatic heterocycles. The normalized spacial score (nSPS) is 16.6. The Morgan fingerprint density at radius 3 is 1.90 bits per heavy atom. The standard InChI is InChI=1S/C45H55INO2/c1-42(2,3)31-19-23-47-32(20-24-49-41(43(4,5)6)29-45(48,21-14-22-46)44(7,8)9)25-30-26-38-35-17-12-10-15-33(35)34-16-11-13-18-36(34)39(38)28-37(30)40(47)27-31/h10-13,15-20,23,26-28,41,48H,14,21-22,24-25,29H2,1-9H3/q+1/b32-20-. The first-order valence-corrected chi connectivity index (χ1v) is 19.6. The third-order valence-corrected chi connectivity index (χ3v) is 11.7. The minimum absolute atomic E-state index is 0.0288. The van der Waals surface area contributed by atoms with Crippen molar-refractivity contribution in [3.8, 4) is 11.3 Å². The molecule has 0 saturated heterocycles. The van der Waals surface area contributed by atoms with Gasteiger partial charge in [-0.1, -0.05) is 133 Å². The molecule has 6 rings (SSSR count). The number of aliphatic hydroxyl groups is 1. The second kappa shape index (κ2) is 13.4. The van der Waals surface area contributed by atoms with Gasteiger partial charge in [0.1, 0.15) is 0 Å². The molecule has 3 nitrogen and oxygen atoms in total. The minimum atomic E-state index is -0.800. The quantitative estimate of drug-likeness (QED) is 0.0738. The van der Waals surface area contributed by atoms with Crippen molar-refractivity contribution in [1.29, 1.82) is 0 Å². The number of rotatable bonds is 8. The molecule has 0 fully saturated rings. The van der Waals surface area contributed by atoms with Crippen LogP contribution in [0, 0.1) is 10.8 Å². The Bertz CT molecular complexity index is 2040. The van der Waals surface area contributed by atoms with Crippen molar-refractivity contribution in [2.24, 2.45) is 10.8 Å². The van der Waals surface area contributed by atoms with Gasteiger partial charge in [-0.3, -0.25) is 0 Å². The molecule has 2 atom stereocenters. The van der Waals surface area contributed by atoms with Crippen molar-refractivity contribution in [3.05, 3.63) is 96.2 Å². The van der Waals surface area contributed by atoms with Crippen LogP contribution in [0.1, 0.15) is 92.7 Å². The van der Waals surface area contributed by atoms with Gasteiger partial charge in [-0.15, -0.1) is 0 Å². The number of pyridine rings is 1. The molecule has 1 aliphatic heterocycles. The zero-order valence-corrected chi connectivity index (χ0v) is 33.2. The fourth-order valence-electron chi connectivity index (χ4n) is 7.58. The second-order valence-corrected chi connectivity index (χ2v) is 18.5. The molecule has 2 unspecified atom stereocenters.